The van der Waals surface area contributed by atoms with Gasteiger partial charge in [-0.3, -0.25) is 9.20 Å². The summed E-state index contributed by atoms with van der Waals surface area (Å²) in [6.07, 6.45) is 1.76. The average Bonchev–Trinajstić information content (AvgIpc) is 2.88. The van der Waals surface area contributed by atoms with Gasteiger partial charge in [0.05, 0.1) is 5.69 Å². The minimum atomic E-state index is 0.00223. The van der Waals surface area contributed by atoms with Crippen LogP contribution in [0.2, 0.25) is 0 Å². The van der Waals surface area contributed by atoms with E-state index in [0.29, 0.717) is 0 Å². The van der Waals surface area contributed by atoms with Crippen molar-refractivity contribution >= 4 is 28.1 Å². The number of rotatable bonds is 4. The van der Waals surface area contributed by atoms with Crippen molar-refractivity contribution in [3.63, 3.8) is 0 Å². The van der Waals surface area contributed by atoms with Gasteiger partial charge in [-0.05, 0) is 12.5 Å². The zero-order valence-electron chi connectivity index (χ0n) is 11.1. The van der Waals surface area contributed by atoms with Gasteiger partial charge in [-0.2, -0.15) is 11.8 Å². The number of thioether (sulfide) groups is 1. The van der Waals surface area contributed by atoms with Crippen molar-refractivity contribution in [3.8, 4) is 0 Å². The van der Waals surface area contributed by atoms with E-state index >= 15 is 0 Å². The molecule has 0 bridgehead atoms. The fraction of sp³-hybridized carbons (Fsp3) is 0.200. The van der Waals surface area contributed by atoms with Gasteiger partial charge in [-0.25, -0.2) is 4.98 Å². The van der Waals surface area contributed by atoms with E-state index < -0.39 is 0 Å². The van der Waals surface area contributed by atoms with Crippen LogP contribution >= 0.6 is 23.1 Å². The summed E-state index contributed by atoms with van der Waals surface area (Å²) in [5.74, 6) is 1.70. The van der Waals surface area contributed by atoms with E-state index in [2.05, 4.69) is 36.2 Å². The molecule has 0 fully saturated rings. The molecule has 0 radical (unpaired) electrons. The lowest BCUT2D eigenvalue weighted by Gasteiger charge is -2.03. The van der Waals surface area contributed by atoms with Crippen LogP contribution in [0.5, 0.6) is 0 Å². The Hall–Kier alpha value is -1.59. The van der Waals surface area contributed by atoms with Gasteiger partial charge in [0, 0.05) is 29.1 Å². The van der Waals surface area contributed by atoms with E-state index in [1.807, 2.05) is 5.38 Å². The Morgan fingerprint density at radius 3 is 3.05 bits per heavy atom. The van der Waals surface area contributed by atoms with Gasteiger partial charge in [0.25, 0.3) is 5.56 Å². The Morgan fingerprint density at radius 2 is 2.20 bits per heavy atom. The zero-order chi connectivity index (χ0) is 13.9. The van der Waals surface area contributed by atoms with E-state index in [0.717, 1.165) is 22.2 Å². The van der Waals surface area contributed by atoms with Crippen LogP contribution in [0.25, 0.3) is 4.96 Å². The summed E-state index contributed by atoms with van der Waals surface area (Å²) in [5.41, 5.74) is 3.45. The van der Waals surface area contributed by atoms with Gasteiger partial charge in [0.15, 0.2) is 4.96 Å². The van der Waals surface area contributed by atoms with Gasteiger partial charge in [-0.1, -0.05) is 29.8 Å². The molecule has 102 valence electrons. The summed E-state index contributed by atoms with van der Waals surface area (Å²) in [7, 11) is 0. The van der Waals surface area contributed by atoms with Crippen LogP contribution in [0, 0.1) is 6.92 Å². The highest BCUT2D eigenvalue weighted by molar-refractivity contribution is 7.97. The third kappa shape index (κ3) is 2.94. The first-order valence-electron chi connectivity index (χ1n) is 6.31. The summed E-state index contributed by atoms with van der Waals surface area (Å²) in [5, 5.41) is 1.88. The van der Waals surface area contributed by atoms with Gasteiger partial charge in [-0.15, -0.1) is 11.3 Å². The van der Waals surface area contributed by atoms with Crippen molar-refractivity contribution < 1.29 is 0 Å². The number of benzene rings is 1. The number of aryl methyl sites for hydroxylation is 1. The SMILES string of the molecule is Cc1cccc(CSCc2cc(=O)n3ccsc3n2)c1. The Morgan fingerprint density at radius 1 is 1.30 bits per heavy atom. The van der Waals surface area contributed by atoms with Crippen molar-refractivity contribution in [2.75, 3.05) is 0 Å². The first-order chi connectivity index (χ1) is 9.72. The minimum absolute atomic E-state index is 0.00223. The predicted molar refractivity (Wildman–Crippen MR) is 85.5 cm³/mol. The highest BCUT2D eigenvalue weighted by Crippen LogP contribution is 2.18. The standard InChI is InChI=1S/C15H14N2OS2/c1-11-3-2-4-12(7-11)9-19-10-13-8-14(18)17-5-6-20-15(17)16-13/h2-8H,9-10H2,1H3. The molecule has 0 saturated heterocycles. The molecule has 5 heteroatoms. The third-order valence-electron chi connectivity index (χ3n) is 2.96. The van der Waals surface area contributed by atoms with E-state index in [9.17, 15) is 4.79 Å². The van der Waals surface area contributed by atoms with Crippen LogP contribution in [-0.2, 0) is 11.5 Å². The molecular formula is C15H14N2OS2. The Labute approximate surface area is 125 Å². The minimum Gasteiger partial charge on any atom is -0.269 e. The first kappa shape index (κ1) is 13.4. The van der Waals surface area contributed by atoms with Crippen LogP contribution in [0.1, 0.15) is 16.8 Å². The largest absolute Gasteiger partial charge is 0.269 e. The highest BCUT2D eigenvalue weighted by atomic mass is 32.2. The normalized spacial score (nSPS) is 11.1. The van der Waals surface area contributed by atoms with Crippen LogP contribution in [0.4, 0.5) is 0 Å². The molecule has 3 nitrogen and oxygen atoms in total. The van der Waals surface area contributed by atoms with Crippen LogP contribution < -0.4 is 5.56 Å². The fourth-order valence-electron chi connectivity index (χ4n) is 2.04. The third-order valence-corrected chi connectivity index (χ3v) is 4.75. The molecule has 2 heterocycles. The molecule has 0 spiro atoms. The highest BCUT2D eigenvalue weighted by Gasteiger charge is 2.03. The van der Waals surface area contributed by atoms with E-state index in [-0.39, 0.29) is 5.56 Å². The number of aromatic nitrogens is 2. The lowest BCUT2D eigenvalue weighted by molar-refractivity contribution is 1.04. The Balaban J connectivity index is 1.69. The molecule has 0 N–H and O–H groups in total. The molecule has 1 aromatic carbocycles. The summed E-state index contributed by atoms with van der Waals surface area (Å²) in [6, 6.07) is 10.1. The second kappa shape index (κ2) is 5.81. The zero-order valence-corrected chi connectivity index (χ0v) is 12.7. The van der Waals surface area contributed by atoms with Crippen LogP contribution in [0.15, 0.2) is 46.7 Å². The second-order valence-electron chi connectivity index (χ2n) is 4.62. The first-order valence-corrected chi connectivity index (χ1v) is 8.35. The van der Waals surface area contributed by atoms with Crippen molar-refractivity contribution in [1.82, 2.24) is 9.38 Å². The molecule has 0 atom stereocenters. The fourth-order valence-corrected chi connectivity index (χ4v) is 3.65. The summed E-state index contributed by atoms with van der Waals surface area (Å²) >= 11 is 3.27. The number of hydrogen-bond donors (Lipinski definition) is 0. The molecule has 0 aliphatic carbocycles. The topological polar surface area (TPSA) is 34.4 Å². The number of fused-ring (bicyclic) bond motifs is 1. The molecular weight excluding hydrogens is 288 g/mol. The molecule has 0 saturated carbocycles. The predicted octanol–water partition coefficient (Wildman–Crippen LogP) is 3.50. The molecule has 0 aliphatic rings. The van der Waals surface area contributed by atoms with Gasteiger partial charge in [0.2, 0.25) is 0 Å². The smallest absolute Gasteiger partial charge is 0.258 e. The van der Waals surface area contributed by atoms with Crippen molar-refractivity contribution in [1.29, 1.82) is 0 Å². The van der Waals surface area contributed by atoms with Gasteiger partial charge >= 0.3 is 0 Å². The van der Waals surface area contributed by atoms with Gasteiger partial charge in [0.1, 0.15) is 0 Å². The number of nitrogens with zero attached hydrogens (tertiary/aromatic N) is 2. The Kier molecular flexibility index (Phi) is 3.89. The number of hydrogen-bond acceptors (Lipinski definition) is 4. The van der Waals surface area contributed by atoms with Crippen LogP contribution in [0.3, 0.4) is 0 Å². The summed E-state index contributed by atoms with van der Waals surface area (Å²) < 4.78 is 1.58. The molecule has 2 aromatic heterocycles. The quantitative estimate of drug-likeness (QED) is 0.740. The van der Waals surface area contributed by atoms with Gasteiger partial charge < -0.3 is 0 Å². The maximum atomic E-state index is 11.9. The molecule has 20 heavy (non-hydrogen) atoms. The van der Waals surface area contributed by atoms with Crippen molar-refractivity contribution in [3.05, 3.63) is 69.1 Å². The maximum Gasteiger partial charge on any atom is 0.258 e. The molecule has 0 amide bonds. The summed E-state index contributed by atoms with van der Waals surface area (Å²) in [6.45, 7) is 2.10. The van der Waals surface area contributed by atoms with Crippen molar-refractivity contribution in [2.24, 2.45) is 0 Å². The van der Waals surface area contributed by atoms with Crippen molar-refractivity contribution in [2.45, 2.75) is 18.4 Å². The maximum absolute atomic E-state index is 11.9. The molecule has 3 rings (SSSR count). The summed E-state index contributed by atoms with van der Waals surface area (Å²) in [4.78, 5) is 17.1. The average molecular weight is 302 g/mol. The van der Waals surface area contributed by atoms with Crippen LogP contribution in [-0.4, -0.2) is 9.38 Å². The molecule has 0 aliphatic heterocycles. The molecule has 3 aromatic rings. The number of thiazole rings is 1. The second-order valence-corrected chi connectivity index (χ2v) is 6.48. The van der Waals surface area contributed by atoms with E-state index in [1.165, 1.54) is 22.5 Å². The Bertz CT molecular complexity index is 792. The monoisotopic (exact) mass is 302 g/mol. The lowest BCUT2D eigenvalue weighted by Crippen LogP contribution is -2.12. The lowest BCUT2D eigenvalue weighted by atomic mass is 10.2. The van der Waals surface area contributed by atoms with E-state index in [4.69, 9.17) is 0 Å². The van der Waals surface area contributed by atoms with E-state index in [1.54, 1.807) is 28.4 Å². The molecule has 0 unspecified atom stereocenters.